The highest BCUT2D eigenvalue weighted by molar-refractivity contribution is 5.76. The number of aryl methyl sites for hydroxylation is 1. The normalized spacial score (nSPS) is 12.2. The standard InChI is InChI=1S/C15H24N2O/c1-4-13(3)16-10-9-15(18)17-11-14-8-6-5-7-12(14)2/h5-8,13,16H,4,9-11H2,1-3H3,(H,17,18). The molecule has 1 aromatic carbocycles. The summed E-state index contributed by atoms with van der Waals surface area (Å²) in [5.74, 6) is 0.106. The molecule has 0 fully saturated rings. The van der Waals surface area contributed by atoms with Gasteiger partial charge in [0, 0.05) is 25.6 Å². The molecule has 1 rings (SSSR count). The van der Waals surface area contributed by atoms with Crippen LogP contribution >= 0.6 is 0 Å². The molecule has 0 aliphatic heterocycles. The molecule has 1 unspecified atom stereocenters. The van der Waals surface area contributed by atoms with Gasteiger partial charge in [0.15, 0.2) is 0 Å². The van der Waals surface area contributed by atoms with Crippen molar-refractivity contribution >= 4 is 5.91 Å². The second-order valence-corrected chi connectivity index (χ2v) is 4.72. The van der Waals surface area contributed by atoms with Crippen LogP contribution in [0.25, 0.3) is 0 Å². The van der Waals surface area contributed by atoms with Crippen molar-refractivity contribution in [3.8, 4) is 0 Å². The molecule has 1 amide bonds. The highest BCUT2D eigenvalue weighted by atomic mass is 16.1. The topological polar surface area (TPSA) is 41.1 Å². The van der Waals surface area contributed by atoms with E-state index in [0.29, 0.717) is 19.0 Å². The van der Waals surface area contributed by atoms with E-state index < -0.39 is 0 Å². The molecule has 3 nitrogen and oxygen atoms in total. The summed E-state index contributed by atoms with van der Waals surface area (Å²) in [5, 5.41) is 6.26. The van der Waals surface area contributed by atoms with Gasteiger partial charge in [-0.15, -0.1) is 0 Å². The first-order chi connectivity index (χ1) is 8.63. The summed E-state index contributed by atoms with van der Waals surface area (Å²) in [6, 6.07) is 8.60. The zero-order valence-corrected chi connectivity index (χ0v) is 11.6. The molecule has 0 saturated carbocycles. The van der Waals surface area contributed by atoms with E-state index in [1.165, 1.54) is 11.1 Å². The van der Waals surface area contributed by atoms with Gasteiger partial charge in [0.1, 0.15) is 0 Å². The highest BCUT2D eigenvalue weighted by Gasteiger charge is 2.03. The molecular formula is C15H24N2O. The highest BCUT2D eigenvalue weighted by Crippen LogP contribution is 2.05. The summed E-state index contributed by atoms with van der Waals surface area (Å²) in [6.45, 7) is 7.69. The van der Waals surface area contributed by atoms with Gasteiger partial charge in [-0.3, -0.25) is 4.79 Å². The minimum absolute atomic E-state index is 0.106. The fourth-order valence-corrected chi connectivity index (χ4v) is 1.67. The number of hydrogen-bond donors (Lipinski definition) is 2. The maximum atomic E-state index is 11.6. The minimum Gasteiger partial charge on any atom is -0.352 e. The van der Waals surface area contributed by atoms with Crippen LogP contribution < -0.4 is 10.6 Å². The lowest BCUT2D eigenvalue weighted by Crippen LogP contribution is -2.31. The number of benzene rings is 1. The first kappa shape index (κ1) is 14.7. The smallest absolute Gasteiger partial charge is 0.221 e. The first-order valence-corrected chi connectivity index (χ1v) is 6.68. The second kappa shape index (κ2) is 7.88. The molecule has 0 heterocycles. The van der Waals surface area contributed by atoms with E-state index in [-0.39, 0.29) is 5.91 Å². The number of carbonyl (C=O) groups is 1. The van der Waals surface area contributed by atoms with Gasteiger partial charge in [-0.2, -0.15) is 0 Å². The van der Waals surface area contributed by atoms with E-state index in [1.54, 1.807) is 0 Å². The lowest BCUT2D eigenvalue weighted by Gasteiger charge is -2.11. The molecule has 0 aromatic heterocycles. The van der Waals surface area contributed by atoms with E-state index in [0.717, 1.165) is 13.0 Å². The van der Waals surface area contributed by atoms with Crippen molar-refractivity contribution in [2.45, 2.75) is 46.2 Å². The van der Waals surface area contributed by atoms with Crippen LogP contribution in [0.3, 0.4) is 0 Å². The average molecular weight is 248 g/mol. The Hall–Kier alpha value is -1.35. The van der Waals surface area contributed by atoms with Crippen LogP contribution in [0.5, 0.6) is 0 Å². The third kappa shape index (κ3) is 5.32. The molecule has 18 heavy (non-hydrogen) atoms. The summed E-state index contributed by atoms with van der Waals surface area (Å²) in [6.07, 6.45) is 1.63. The molecule has 0 radical (unpaired) electrons. The van der Waals surface area contributed by atoms with Gasteiger partial charge >= 0.3 is 0 Å². The predicted molar refractivity (Wildman–Crippen MR) is 75.4 cm³/mol. The number of nitrogens with one attached hydrogen (secondary N) is 2. The maximum absolute atomic E-state index is 11.6. The zero-order valence-electron chi connectivity index (χ0n) is 11.6. The monoisotopic (exact) mass is 248 g/mol. The molecule has 0 saturated heterocycles. The Bertz CT molecular complexity index is 377. The van der Waals surface area contributed by atoms with Crippen LogP contribution in [0.15, 0.2) is 24.3 Å². The molecule has 1 atom stereocenters. The molecular weight excluding hydrogens is 224 g/mol. The van der Waals surface area contributed by atoms with Gasteiger partial charge in [0.05, 0.1) is 0 Å². The van der Waals surface area contributed by atoms with Crippen molar-refractivity contribution in [2.24, 2.45) is 0 Å². The van der Waals surface area contributed by atoms with Gasteiger partial charge < -0.3 is 10.6 Å². The van der Waals surface area contributed by atoms with Crippen molar-refractivity contribution in [2.75, 3.05) is 6.54 Å². The Morgan fingerprint density at radius 1 is 1.33 bits per heavy atom. The Kier molecular flexibility index (Phi) is 6.44. The lowest BCUT2D eigenvalue weighted by molar-refractivity contribution is -0.121. The van der Waals surface area contributed by atoms with Gasteiger partial charge in [0.2, 0.25) is 5.91 Å². The molecule has 0 spiro atoms. The molecule has 100 valence electrons. The summed E-state index contributed by atoms with van der Waals surface area (Å²) >= 11 is 0. The van der Waals surface area contributed by atoms with Crippen LogP contribution in [0.2, 0.25) is 0 Å². The lowest BCUT2D eigenvalue weighted by atomic mass is 10.1. The Morgan fingerprint density at radius 2 is 2.06 bits per heavy atom. The van der Waals surface area contributed by atoms with Crippen molar-refractivity contribution in [3.05, 3.63) is 35.4 Å². The quantitative estimate of drug-likeness (QED) is 0.778. The Labute approximate surface area is 110 Å². The zero-order chi connectivity index (χ0) is 13.4. The van der Waals surface area contributed by atoms with E-state index >= 15 is 0 Å². The van der Waals surface area contributed by atoms with Crippen molar-refractivity contribution < 1.29 is 4.79 Å². The van der Waals surface area contributed by atoms with Gasteiger partial charge in [-0.25, -0.2) is 0 Å². The minimum atomic E-state index is 0.106. The van der Waals surface area contributed by atoms with E-state index in [1.807, 2.05) is 18.2 Å². The molecule has 0 aliphatic carbocycles. The van der Waals surface area contributed by atoms with Crippen molar-refractivity contribution in [1.29, 1.82) is 0 Å². The molecule has 0 bridgehead atoms. The van der Waals surface area contributed by atoms with Crippen LogP contribution in [-0.2, 0) is 11.3 Å². The fourth-order valence-electron chi connectivity index (χ4n) is 1.67. The van der Waals surface area contributed by atoms with E-state index in [2.05, 4.69) is 37.5 Å². The first-order valence-electron chi connectivity index (χ1n) is 6.68. The largest absolute Gasteiger partial charge is 0.352 e. The summed E-state index contributed by atoms with van der Waals surface area (Å²) < 4.78 is 0. The Balaban J connectivity index is 2.23. The summed E-state index contributed by atoms with van der Waals surface area (Å²) in [5.41, 5.74) is 2.40. The summed E-state index contributed by atoms with van der Waals surface area (Å²) in [4.78, 5) is 11.6. The van der Waals surface area contributed by atoms with E-state index in [4.69, 9.17) is 0 Å². The molecule has 0 aliphatic rings. The molecule has 3 heteroatoms. The fraction of sp³-hybridized carbons (Fsp3) is 0.533. The number of rotatable bonds is 7. The number of hydrogen-bond acceptors (Lipinski definition) is 2. The van der Waals surface area contributed by atoms with Crippen LogP contribution in [0.1, 0.15) is 37.8 Å². The second-order valence-electron chi connectivity index (χ2n) is 4.72. The van der Waals surface area contributed by atoms with Crippen molar-refractivity contribution in [1.82, 2.24) is 10.6 Å². The van der Waals surface area contributed by atoms with Crippen molar-refractivity contribution in [3.63, 3.8) is 0 Å². The van der Waals surface area contributed by atoms with Crippen LogP contribution in [0.4, 0.5) is 0 Å². The average Bonchev–Trinajstić information content (AvgIpc) is 2.37. The summed E-state index contributed by atoms with van der Waals surface area (Å²) in [7, 11) is 0. The van der Waals surface area contributed by atoms with E-state index in [9.17, 15) is 4.79 Å². The number of carbonyl (C=O) groups excluding carboxylic acids is 1. The molecule has 1 aromatic rings. The Morgan fingerprint density at radius 3 is 2.72 bits per heavy atom. The third-order valence-electron chi connectivity index (χ3n) is 3.19. The van der Waals surface area contributed by atoms with Gasteiger partial charge in [-0.05, 0) is 31.4 Å². The van der Waals surface area contributed by atoms with Crippen LogP contribution in [-0.4, -0.2) is 18.5 Å². The predicted octanol–water partition coefficient (Wildman–Crippen LogP) is 2.39. The maximum Gasteiger partial charge on any atom is 0.221 e. The SMILES string of the molecule is CCC(C)NCCC(=O)NCc1ccccc1C. The van der Waals surface area contributed by atoms with Gasteiger partial charge in [-0.1, -0.05) is 31.2 Å². The third-order valence-corrected chi connectivity index (χ3v) is 3.19. The number of amides is 1. The van der Waals surface area contributed by atoms with Crippen LogP contribution in [0, 0.1) is 6.92 Å². The molecule has 2 N–H and O–H groups in total. The van der Waals surface area contributed by atoms with Gasteiger partial charge in [0.25, 0.3) is 0 Å².